The van der Waals surface area contributed by atoms with Crippen molar-refractivity contribution in [2.24, 2.45) is 5.41 Å². The summed E-state index contributed by atoms with van der Waals surface area (Å²) in [5.41, 5.74) is -0.0858. The highest BCUT2D eigenvalue weighted by atomic mass is 35.8. The predicted molar refractivity (Wildman–Crippen MR) is 51.9 cm³/mol. The average Bonchev–Trinajstić information content (AvgIpc) is 1.59. The molecular weight excluding hydrogens is 207 g/mol. The van der Waals surface area contributed by atoms with Crippen molar-refractivity contribution in [3.8, 4) is 0 Å². The van der Waals surface area contributed by atoms with Crippen molar-refractivity contribution >= 4 is 39.2 Å². The first-order valence-corrected chi connectivity index (χ1v) is 7.96. The van der Waals surface area contributed by atoms with Gasteiger partial charge in [-0.15, -0.1) is 33.2 Å². The van der Waals surface area contributed by atoms with Crippen LogP contribution in [0.4, 0.5) is 0 Å². The van der Waals surface area contributed by atoms with Gasteiger partial charge >= 0.3 is 6.00 Å². The Balaban J connectivity index is 4.40. The summed E-state index contributed by atoms with van der Waals surface area (Å²) < 4.78 is 0. The quantitative estimate of drug-likeness (QED) is 0.463. The van der Waals surface area contributed by atoms with Gasteiger partial charge in [0.05, 0.1) is 0 Å². The molecule has 0 fully saturated rings. The number of hydrogen-bond donors (Lipinski definition) is 0. The van der Waals surface area contributed by atoms with E-state index in [0.29, 0.717) is 0 Å². The van der Waals surface area contributed by atoms with Crippen molar-refractivity contribution in [2.75, 3.05) is 0 Å². The van der Waals surface area contributed by atoms with Gasteiger partial charge in [-0.3, -0.25) is 0 Å². The molecule has 0 radical (unpaired) electrons. The normalized spacial score (nSPS) is 13.4. The Morgan fingerprint density at radius 1 is 1.20 bits per heavy atom. The molecule has 0 aliphatic heterocycles. The van der Waals surface area contributed by atoms with E-state index >= 15 is 0 Å². The van der Waals surface area contributed by atoms with E-state index in [9.17, 15) is 0 Å². The molecule has 0 saturated heterocycles. The molecule has 0 rings (SSSR count). The minimum absolute atomic E-state index is 0.0858. The van der Waals surface area contributed by atoms with E-state index in [4.69, 9.17) is 33.2 Å². The van der Waals surface area contributed by atoms with Crippen LogP contribution < -0.4 is 0 Å². The summed E-state index contributed by atoms with van der Waals surface area (Å²) in [4.78, 5) is 0. The minimum Gasteiger partial charge on any atom is -0.121 e. The zero-order valence-electron chi connectivity index (χ0n) is 6.34. The third-order valence-electron chi connectivity index (χ3n) is 1.25. The van der Waals surface area contributed by atoms with Crippen LogP contribution in [0.15, 0.2) is 11.8 Å². The van der Waals surface area contributed by atoms with Gasteiger partial charge in [-0.1, -0.05) is 27.4 Å². The highest BCUT2D eigenvalue weighted by molar-refractivity contribution is 7.67. The van der Waals surface area contributed by atoms with Gasteiger partial charge in [-0.2, -0.15) is 0 Å². The molecule has 0 saturated carbocycles. The summed E-state index contributed by atoms with van der Waals surface area (Å²) >= 11 is 17.2. The van der Waals surface area contributed by atoms with Gasteiger partial charge in [-0.05, 0) is 10.6 Å². The molecule has 0 aliphatic carbocycles. The molecule has 0 N–H and O–H groups in total. The van der Waals surface area contributed by atoms with Gasteiger partial charge in [0.2, 0.25) is 0 Å². The van der Waals surface area contributed by atoms with E-state index in [2.05, 4.69) is 6.58 Å². The van der Waals surface area contributed by atoms with E-state index in [1.54, 1.807) is 0 Å². The fourth-order valence-corrected chi connectivity index (χ4v) is 3.83. The molecule has 0 amide bonds. The van der Waals surface area contributed by atoms with E-state index < -0.39 is 6.00 Å². The summed E-state index contributed by atoms with van der Waals surface area (Å²) in [6.07, 6.45) is 0. The second-order valence-corrected chi connectivity index (χ2v) is 11.7. The summed E-state index contributed by atoms with van der Waals surface area (Å²) in [6, 6.07) is -2.67. The second kappa shape index (κ2) is 3.06. The SMILES string of the molecule is C=C(C(C)(C)C)[Si](Cl)(Cl)Cl. The molecule has 0 aromatic carbocycles. The smallest absolute Gasteiger partial charge is 0.121 e. The highest BCUT2D eigenvalue weighted by Crippen LogP contribution is 2.38. The largest absolute Gasteiger partial charge is 0.368 e. The second-order valence-electron chi connectivity index (χ2n) is 3.23. The van der Waals surface area contributed by atoms with Crippen LogP contribution in [-0.2, 0) is 0 Å². The van der Waals surface area contributed by atoms with Crippen molar-refractivity contribution in [3.63, 3.8) is 0 Å². The third kappa shape index (κ3) is 3.29. The first-order valence-electron chi connectivity index (χ1n) is 2.92. The first-order chi connectivity index (χ1) is 4.15. The van der Waals surface area contributed by atoms with E-state index in [0.717, 1.165) is 5.20 Å². The van der Waals surface area contributed by atoms with Crippen molar-refractivity contribution in [2.45, 2.75) is 20.8 Å². The maximum absolute atomic E-state index is 5.74. The van der Waals surface area contributed by atoms with Gasteiger partial charge in [0.1, 0.15) is 0 Å². The number of halogens is 3. The third-order valence-corrected chi connectivity index (χ3v) is 4.73. The lowest BCUT2D eigenvalue weighted by molar-refractivity contribution is 0.530. The lowest BCUT2D eigenvalue weighted by Crippen LogP contribution is -2.25. The van der Waals surface area contributed by atoms with Gasteiger partial charge in [-0.25, -0.2) is 0 Å². The van der Waals surface area contributed by atoms with Crippen molar-refractivity contribution in [1.82, 2.24) is 0 Å². The van der Waals surface area contributed by atoms with Crippen LogP contribution >= 0.6 is 33.2 Å². The fourth-order valence-electron chi connectivity index (χ4n) is 0.425. The Hall–Kier alpha value is 0.827. The summed E-state index contributed by atoms with van der Waals surface area (Å²) in [6.45, 7) is 9.73. The molecule has 4 heteroatoms. The van der Waals surface area contributed by atoms with Crippen LogP contribution in [0.3, 0.4) is 0 Å². The first kappa shape index (κ1) is 10.8. The minimum atomic E-state index is -2.67. The molecule has 0 aromatic heterocycles. The van der Waals surface area contributed by atoms with E-state index in [1.807, 2.05) is 20.8 Å². The number of rotatable bonds is 1. The summed E-state index contributed by atoms with van der Waals surface area (Å²) in [7, 11) is 0. The van der Waals surface area contributed by atoms with E-state index in [-0.39, 0.29) is 5.41 Å². The zero-order chi connectivity index (χ0) is 8.58. The topological polar surface area (TPSA) is 0 Å². The fraction of sp³-hybridized carbons (Fsp3) is 0.667. The van der Waals surface area contributed by atoms with Crippen LogP contribution in [-0.4, -0.2) is 6.00 Å². The maximum Gasteiger partial charge on any atom is 0.368 e. The van der Waals surface area contributed by atoms with E-state index in [1.165, 1.54) is 0 Å². The Morgan fingerprint density at radius 3 is 1.50 bits per heavy atom. The van der Waals surface area contributed by atoms with Gasteiger partial charge in [0.25, 0.3) is 0 Å². The van der Waals surface area contributed by atoms with Crippen molar-refractivity contribution < 1.29 is 0 Å². The van der Waals surface area contributed by atoms with Gasteiger partial charge in [0.15, 0.2) is 0 Å². The molecule has 0 atom stereocenters. The molecule has 0 nitrogen and oxygen atoms in total. The monoisotopic (exact) mass is 216 g/mol. The Kier molecular flexibility index (Phi) is 3.31. The van der Waals surface area contributed by atoms with Crippen LogP contribution in [0.2, 0.25) is 0 Å². The van der Waals surface area contributed by atoms with Crippen LogP contribution in [0, 0.1) is 5.41 Å². The predicted octanol–water partition coefficient (Wildman–Crippen LogP) is 3.78. The van der Waals surface area contributed by atoms with Crippen LogP contribution in [0.5, 0.6) is 0 Å². The molecule has 0 unspecified atom stereocenters. The molecule has 0 aliphatic rings. The van der Waals surface area contributed by atoms with Gasteiger partial charge < -0.3 is 0 Å². The molecule has 0 spiro atoms. The zero-order valence-corrected chi connectivity index (χ0v) is 9.61. The Morgan fingerprint density at radius 2 is 1.50 bits per heavy atom. The highest BCUT2D eigenvalue weighted by Gasteiger charge is 2.36. The van der Waals surface area contributed by atoms with Crippen LogP contribution in [0.1, 0.15) is 20.8 Å². The number of allylic oxidation sites excluding steroid dienone is 1. The molecule has 10 heavy (non-hydrogen) atoms. The molecule has 60 valence electrons. The van der Waals surface area contributed by atoms with Crippen molar-refractivity contribution in [1.29, 1.82) is 0 Å². The standard InChI is InChI=1S/C6H11Cl3Si/c1-5(6(2,3)4)10(7,8)9/h1H2,2-4H3. The van der Waals surface area contributed by atoms with Gasteiger partial charge in [0, 0.05) is 0 Å². The summed E-state index contributed by atoms with van der Waals surface area (Å²) in [5, 5.41) is 0.755. The Labute approximate surface area is 77.3 Å². The number of hydrogen-bond acceptors (Lipinski definition) is 0. The average molecular weight is 218 g/mol. The Bertz CT molecular complexity index is 124. The molecule has 0 heterocycles. The van der Waals surface area contributed by atoms with Crippen molar-refractivity contribution in [3.05, 3.63) is 11.8 Å². The van der Waals surface area contributed by atoms with Crippen LogP contribution in [0.25, 0.3) is 0 Å². The lowest BCUT2D eigenvalue weighted by atomic mass is 9.97. The molecule has 0 aromatic rings. The molecular formula is C6H11Cl3Si. The lowest BCUT2D eigenvalue weighted by Gasteiger charge is -2.25. The summed E-state index contributed by atoms with van der Waals surface area (Å²) in [5.74, 6) is 0. The molecule has 0 bridgehead atoms. The maximum atomic E-state index is 5.74.